The van der Waals surface area contributed by atoms with E-state index in [0.717, 1.165) is 24.8 Å². The molecule has 202 valence electrons. The summed E-state index contributed by atoms with van der Waals surface area (Å²) in [5.74, 6) is -11.4. The maximum absolute atomic E-state index is 14.7. The molecule has 2 atom stereocenters. The minimum atomic E-state index is -4.59. The van der Waals surface area contributed by atoms with Crippen LogP contribution in [0.2, 0.25) is 0 Å². The number of alkyl halides is 2. The van der Waals surface area contributed by atoms with Crippen molar-refractivity contribution >= 4 is 0 Å². The van der Waals surface area contributed by atoms with Crippen molar-refractivity contribution < 1.29 is 44.6 Å². The number of halogens is 8. The topological polar surface area (TPSA) is 18.5 Å². The highest BCUT2D eigenvalue weighted by Gasteiger charge is 2.40. The first-order valence-corrected chi connectivity index (χ1v) is 11.8. The molecule has 3 aromatic rings. The molecule has 0 amide bonds. The van der Waals surface area contributed by atoms with Crippen LogP contribution in [0.15, 0.2) is 54.6 Å². The molecular weight excluding hydrogens is 520 g/mol. The molecule has 2 nitrogen and oxygen atoms in total. The second-order valence-electron chi connectivity index (χ2n) is 8.94. The fourth-order valence-corrected chi connectivity index (χ4v) is 4.22. The predicted octanol–water partition coefficient (Wildman–Crippen LogP) is 8.69. The van der Waals surface area contributed by atoms with E-state index in [-0.39, 0.29) is 23.6 Å². The van der Waals surface area contributed by atoms with Crippen LogP contribution in [-0.2, 0) is 12.7 Å². The Morgan fingerprint density at radius 2 is 1.50 bits per heavy atom. The van der Waals surface area contributed by atoms with Crippen molar-refractivity contribution in [2.75, 3.05) is 0 Å². The first-order chi connectivity index (χ1) is 18.0. The first kappa shape index (κ1) is 27.5. The highest BCUT2D eigenvalue weighted by atomic mass is 19.3. The molecule has 0 radical (unpaired) electrons. The number of rotatable bonds is 8. The molecule has 0 N–H and O–H groups in total. The Kier molecular flexibility index (Phi) is 7.99. The lowest BCUT2D eigenvalue weighted by Crippen LogP contribution is -2.24. The summed E-state index contributed by atoms with van der Waals surface area (Å²) in [5, 5.41) is 0. The fourth-order valence-electron chi connectivity index (χ4n) is 4.22. The number of hydrogen-bond acceptors (Lipinski definition) is 2. The number of allylic oxidation sites excluding steroid dienone is 2. The van der Waals surface area contributed by atoms with Crippen LogP contribution in [0.25, 0.3) is 0 Å². The fraction of sp³-hybridized carbons (Fsp3) is 0.286. The van der Waals surface area contributed by atoms with Crippen LogP contribution in [-0.4, -0.2) is 0 Å². The zero-order chi connectivity index (χ0) is 27.6. The van der Waals surface area contributed by atoms with Crippen molar-refractivity contribution in [2.45, 2.75) is 44.8 Å². The monoisotopic (exact) mass is 542 g/mol. The zero-order valence-corrected chi connectivity index (χ0v) is 20.0. The van der Waals surface area contributed by atoms with Crippen LogP contribution in [0.1, 0.15) is 48.8 Å². The van der Waals surface area contributed by atoms with Gasteiger partial charge in [-0.25, -0.2) is 22.0 Å². The molecule has 0 saturated heterocycles. The zero-order valence-electron chi connectivity index (χ0n) is 20.0. The molecule has 0 aliphatic heterocycles. The summed E-state index contributed by atoms with van der Waals surface area (Å²) in [5.41, 5.74) is -0.798. The van der Waals surface area contributed by atoms with Gasteiger partial charge in [-0.15, -0.1) is 0 Å². The van der Waals surface area contributed by atoms with Gasteiger partial charge in [0.2, 0.25) is 5.82 Å². The van der Waals surface area contributed by atoms with Gasteiger partial charge in [0.1, 0.15) is 23.7 Å². The van der Waals surface area contributed by atoms with Crippen LogP contribution in [0.5, 0.6) is 11.5 Å². The minimum absolute atomic E-state index is 0.0397. The Labute approximate surface area is 213 Å². The van der Waals surface area contributed by atoms with E-state index in [1.54, 1.807) is 6.07 Å². The highest BCUT2D eigenvalue weighted by Crippen LogP contribution is 2.37. The van der Waals surface area contributed by atoms with Gasteiger partial charge in [-0.1, -0.05) is 31.2 Å². The molecule has 0 bridgehead atoms. The van der Waals surface area contributed by atoms with Crippen molar-refractivity contribution in [1.82, 2.24) is 0 Å². The molecule has 3 aromatic carbocycles. The summed E-state index contributed by atoms with van der Waals surface area (Å²) < 4.78 is 121. The maximum atomic E-state index is 14.7. The molecule has 1 aliphatic rings. The summed E-state index contributed by atoms with van der Waals surface area (Å²) in [4.78, 5) is 0. The van der Waals surface area contributed by atoms with E-state index in [9.17, 15) is 35.1 Å². The van der Waals surface area contributed by atoms with E-state index >= 15 is 0 Å². The third-order valence-electron chi connectivity index (χ3n) is 6.44. The molecule has 1 aliphatic carbocycles. The van der Waals surface area contributed by atoms with Gasteiger partial charge in [0.05, 0.1) is 0 Å². The van der Waals surface area contributed by atoms with Crippen molar-refractivity contribution in [3.05, 3.63) is 106 Å². The average molecular weight is 542 g/mol. The predicted molar refractivity (Wildman–Crippen MR) is 123 cm³/mol. The molecule has 4 rings (SSSR count). The van der Waals surface area contributed by atoms with E-state index in [1.165, 1.54) is 12.1 Å². The molecule has 0 saturated carbocycles. The molecule has 2 unspecified atom stereocenters. The summed E-state index contributed by atoms with van der Waals surface area (Å²) in [6, 6.07) is 5.90. The van der Waals surface area contributed by atoms with Crippen molar-refractivity contribution in [3.63, 3.8) is 0 Å². The second-order valence-corrected chi connectivity index (χ2v) is 8.94. The molecule has 10 heteroatoms. The minimum Gasteiger partial charge on any atom is -0.486 e. The SMILES string of the molecule is CCC1C=CC(c2ccc(COc3ccc(C(F)(F)Oc4cc(F)c(F)c(F)c4)c(F)c3F)c(F)c2)CC1. The Bertz CT molecular complexity index is 1330. The summed E-state index contributed by atoms with van der Waals surface area (Å²) in [6.07, 6.45) is 2.48. The van der Waals surface area contributed by atoms with E-state index in [2.05, 4.69) is 17.7 Å². The standard InChI is InChI=1S/C28H22F8O2/c1-2-15-3-5-16(6-4-15)17-7-8-18(21(29)11-17)14-37-24-10-9-20(25(32)27(24)34)28(35,36)38-19-12-22(30)26(33)23(31)13-19/h3,5,7-13,15-16H,2,4,6,14H2,1H3. The third-order valence-corrected chi connectivity index (χ3v) is 6.44. The van der Waals surface area contributed by atoms with E-state index in [4.69, 9.17) is 4.74 Å². The first-order valence-electron chi connectivity index (χ1n) is 11.8. The quantitative estimate of drug-likeness (QED) is 0.161. The van der Waals surface area contributed by atoms with Gasteiger partial charge in [0.25, 0.3) is 0 Å². The normalized spacial score (nSPS) is 17.5. The van der Waals surface area contributed by atoms with Crippen LogP contribution in [0.3, 0.4) is 0 Å². The molecule has 38 heavy (non-hydrogen) atoms. The van der Waals surface area contributed by atoms with Crippen molar-refractivity contribution in [3.8, 4) is 11.5 Å². The van der Waals surface area contributed by atoms with Crippen molar-refractivity contribution in [2.24, 2.45) is 5.92 Å². The Hall–Kier alpha value is -3.56. The molecule has 0 fully saturated rings. The molecule has 0 spiro atoms. The lowest BCUT2D eigenvalue weighted by atomic mass is 9.83. The van der Waals surface area contributed by atoms with Gasteiger partial charge in [0, 0.05) is 23.6 Å². The smallest absolute Gasteiger partial charge is 0.429 e. The van der Waals surface area contributed by atoms with Gasteiger partial charge in [-0.3, -0.25) is 0 Å². The van der Waals surface area contributed by atoms with Gasteiger partial charge in [-0.05, 0) is 48.9 Å². The van der Waals surface area contributed by atoms with Gasteiger partial charge >= 0.3 is 6.11 Å². The average Bonchev–Trinajstić information content (AvgIpc) is 2.88. The lowest BCUT2D eigenvalue weighted by Gasteiger charge is -2.22. The molecule has 0 heterocycles. The number of benzene rings is 3. The second kappa shape index (κ2) is 11.0. The molecule has 0 aromatic heterocycles. The largest absolute Gasteiger partial charge is 0.486 e. The summed E-state index contributed by atoms with van der Waals surface area (Å²) >= 11 is 0. The Morgan fingerprint density at radius 1 is 0.789 bits per heavy atom. The Balaban J connectivity index is 1.47. The van der Waals surface area contributed by atoms with Crippen LogP contribution < -0.4 is 9.47 Å². The lowest BCUT2D eigenvalue weighted by molar-refractivity contribution is -0.188. The molecular formula is C28H22F8O2. The highest BCUT2D eigenvalue weighted by molar-refractivity contribution is 5.35. The van der Waals surface area contributed by atoms with Crippen LogP contribution >= 0.6 is 0 Å². The third kappa shape index (κ3) is 5.79. The number of hydrogen-bond donors (Lipinski definition) is 0. The van der Waals surface area contributed by atoms with Crippen LogP contribution in [0, 0.1) is 40.8 Å². The van der Waals surface area contributed by atoms with Crippen LogP contribution in [0.4, 0.5) is 35.1 Å². The van der Waals surface area contributed by atoms with Gasteiger partial charge in [-0.2, -0.15) is 13.2 Å². The number of ether oxygens (including phenoxy) is 2. The van der Waals surface area contributed by atoms with E-state index in [1.807, 2.05) is 6.08 Å². The summed E-state index contributed by atoms with van der Waals surface area (Å²) in [6.45, 7) is 1.59. The van der Waals surface area contributed by atoms with Crippen molar-refractivity contribution in [1.29, 1.82) is 0 Å². The maximum Gasteiger partial charge on any atom is 0.429 e. The van der Waals surface area contributed by atoms with E-state index in [0.29, 0.717) is 18.1 Å². The van der Waals surface area contributed by atoms with Gasteiger partial charge < -0.3 is 9.47 Å². The summed E-state index contributed by atoms with van der Waals surface area (Å²) in [7, 11) is 0. The van der Waals surface area contributed by atoms with E-state index < -0.39 is 64.7 Å². The Morgan fingerprint density at radius 3 is 2.11 bits per heavy atom. The van der Waals surface area contributed by atoms with Gasteiger partial charge in [0.15, 0.2) is 29.0 Å².